The van der Waals surface area contributed by atoms with Gasteiger partial charge in [-0.25, -0.2) is 4.79 Å². The van der Waals surface area contributed by atoms with Crippen LogP contribution in [0.15, 0.2) is 0 Å². The van der Waals surface area contributed by atoms with E-state index in [2.05, 4.69) is 17.2 Å². The van der Waals surface area contributed by atoms with E-state index in [0.717, 1.165) is 4.90 Å². The van der Waals surface area contributed by atoms with E-state index in [-0.39, 0.29) is 12.6 Å². The van der Waals surface area contributed by atoms with E-state index in [1.165, 1.54) is 0 Å². The standard InChI is InChI=1S/C11H14N2O3/c1-4-6-9(3)12-11(16)13(7-5-2)8-10(14)15/h1-2,9H,6-8H2,3H3,(H,12,16)(H,14,15). The fourth-order valence-electron chi connectivity index (χ4n) is 1.00. The fourth-order valence-corrected chi connectivity index (χ4v) is 1.00. The minimum atomic E-state index is -1.12. The van der Waals surface area contributed by atoms with Gasteiger partial charge in [-0.15, -0.1) is 18.8 Å². The molecule has 0 bridgehead atoms. The van der Waals surface area contributed by atoms with Gasteiger partial charge in [0.2, 0.25) is 0 Å². The molecule has 0 saturated carbocycles. The molecule has 0 spiro atoms. The third kappa shape index (κ3) is 5.56. The highest BCUT2D eigenvalue weighted by molar-refractivity contribution is 5.80. The molecule has 0 aliphatic rings. The lowest BCUT2D eigenvalue weighted by atomic mass is 10.2. The van der Waals surface area contributed by atoms with Crippen LogP contribution in [0.2, 0.25) is 0 Å². The summed E-state index contributed by atoms with van der Waals surface area (Å²) in [7, 11) is 0. The number of nitrogens with one attached hydrogen (secondary N) is 1. The van der Waals surface area contributed by atoms with Gasteiger partial charge in [-0.3, -0.25) is 4.79 Å². The lowest BCUT2D eigenvalue weighted by Gasteiger charge is -2.20. The maximum absolute atomic E-state index is 11.5. The summed E-state index contributed by atoms with van der Waals surface area (Å²) in [4.78, 5) is 23.0. The summed E-state index contributed by atoms with van der Waals surface area (Å²) in [6, 6.07) is -0.741. The summed E-state index contributed by atoms with van der Waals surface area (Å²) < 4.78 is 0. The Morgan fingerprint density at radius 3 is 2.50 bits per heavy atom. The molecule has 0 aliphatic heterocycles. The normalized spacial score (nSPS) is 10.7. The number of hydrogen-bond donors (Lipinski definition) is 2. The van der Waals surface area contributed by atoms with Gasteiger partial charge in [0, 0.05) is 12.5 Å². The molecule has 2 N–H and O–H groups in total. The Bertz CT molecular complexity index is 338. The molecule has 0 saturated heterocycles. The quantitative estimate of drug-likeness (QED) is 0.649. The van der Waals surface area contributed by atoms with Crippen LogP contribution >= 0.6 is 0 Å². The molecule has 5 nitrogen and oxygen atoms in total. The number of carbonyl (C=O) groups is 2. The molecule has 0 fully saturated rings. The third-order valence-electron chi connectivity index (χ3n) is 1.69. The van der Waals surface area contributed by atoms with Crippen molar-refractivity contribution in [3.8, 4) is 24.7 Å². The van der Waals surface area contributed by atoms with Gasteiger partial charge >= 0.3 is 12.0 Å². The minimum Gasteiger partial charge on any atom is -0.480 e. The molecule has 0 aromatic carbocycles. The third-order valence-corrected chi connectivity index (χ3v) is 1.69. The number of nitrogens with zero attached hydrogens (tertiary/aromatic N) is 1. The van der Waals surface area contributed by atoms with Gasteiger partial charge < -0.3 is 15.3 Å². The van der Waals surface area contributed by atoms with Gasteiger partial charge in [0.05, 0.1) is 6.54 Å². The number of carbonyl (C=O) groups excluding carboxylic acids is 1. The molecular weight excluding hydrogens is 208 g/mol. The van der Waals surface area contributed by atoms with Crippen molar-refractivity contribution in [1.29, 1.82) is 0 Å². The van der Waals surface area contributed by atoms with E-state index < -0.39 is 18.5 Å². The highest BCUT2D eigenvalue weighted by Crippen LogP contribution is 1.94. The molecule has 0 radical (unpaired) electrons. The molecule has 1 unspecified atom stereocenters. The zero-order valence-corrected chi connectivity index (χ0v) is 9.06. The SMILES string of the molecule is C#CCC(C)NC(=O)N(CC#C)CC(=O)O. The summed E-state index contributed by atoms with van der Waals surface area (Å²) in [5, 5.41) is 11.1. The largest absolute Gasteiger partial charge is 0.480 e. The van der Waals surface area contributed by atoms with Crippen molar-refractivity contribution < 1.29 is 14.7 Å². The van der Waals surface area contributed by atoms with Crippen LogP contribution in [0, 0.1) is 24.7 Å². The Kier molecular flexibility index (Phi) is 6.23. The lowest BCUT2D eigenvalue weighted by Crippen LogP contribution is -2.46. The maximum Gasteiger partial charge on any atom is 0.323 e. The Morgan fingerprint density at radius 1 is 1.44 bits per heavy atom. The summed E-state index contributed by atoms with van der Waals surface area (Å²) in [6.07, 6.45) is 10.5. The van der Waals surface area contributed by atoms with Crippen molar-refractivity contribution in [2.75, 3.05) is 13.1 Å². The van der Waals surface area contributed by atoms with Crippen LogP contribution in [0.5, 0.6) is 0 Å². The predicted molar refractivity (Wildman–Crippen MR) is 59.5 cm³/mol. The topological polar surface area (TPSA) is 69.6 Å². The highest BCUT2D eigenvalue weighted by atomic mass is 16.4. The van der Waals surface area contributed by atoms with Gasteiger partial charge in [0.15, 0.2) is 0 Å². The monoisotopic (exact) mass is 222 g/mol. The van der Waals surface area contributed by atoms with Gasteiger partial charge in [-0.1, -0.05) is 5.92 Å². The maximum atomic E-state index is 11.5. The molecule has 0 heterocycles. The van der Waals surface area contributed by atoms with E-state index >= 15 is 0 Å². The Hall–Kier alpha value is -2.14. The zero-order chi connectivity index (χ0) is 12.6. The fraction of sp³-hybridized carbons (Fsp3) is 0.455. The average molecular weight is 222 g/mol. The molecule has 0 aliphatic carbocycles. The van der Waals surface area contributed by atoms with Crippen LogP contribution in [0.1, 0.15) is 13.3 Å². The Morgan fingerprint density at radius 2 is 2.06 bits per heavy atom. The van der Waals surface area contributed by atoms with E-state index in [4.69, 9.17) is 18.0 Å². The average Bonchev–Trinajstić information content (AvgIpc) is 2.16. The number of urea groups is 1. The Balaban J connectivity index is 4.34. The van der Waals surface area contributed by atoms with Gasteiger partial charge in [-0.2, -0.15) is 0 Å². The molecule has 0 aromatic heterocycles. The summed E-state index contributed by atoms with van der Waals surface area (Å²) in [5.41, 5.74) is 0. The number of carboxylic acids is 1. The van der Waals surface area contributed by atoms with Crippen molar-refractivity contribution >= 4 is 12.0 Å². The van der Waals surface area contributed by atoms with Crippen LogP contribution in [0.4, 0.5) is 4.79 Å². The molecule has 2 amide bonds. The smallest absolute Gasteiger partial charge is 0.323 e. The molecule has 1 atom stereocenters. The first kappa shape index (κ1) is 13.9. The molecule has 86 valence electrons. The number of terminal acetylenes is 2. The molecular formula is C11H14N2O3. The van der Waals surface area contributed by atoms with Crippen molar-refractivity contribution in [3.05, 3.63) is 0 Å². The van der Waals surface area contributed by atoms with Crippen LogP contribution in [0.25, 0.3) is 0 Å². The van der Waals surface area contributed by atoms with Crippen molar-refractivity contribution in [3.63, 3.8) is 0 Å². The van der Waals surface area contributed by atoms with Gasteiger partial charge in [-0.05, 0) is 6.92 Å². The van der Waals surface area contributed by atoms with E-state index in [1.54, 1.807) is 6.92 Å². The van der Waals surface area contributed by atoms with Gasteiger partial charge in [0.1, 0.15) is 6.54 Å². The van der Waals surface area contributed by atoms with Crippen molar-refractivity contribution in [1.82, 2.24) is 10.2 Å². The van der Waals surface area contributed by atoms with Gasteiger partial charge in [0.25, 0.3) is 0 Å². The van der Waals surface area contributed by atoms with Crippen LogP contribution < -0.4 is 5.32 Å². The first-order valence-corrected chi connectivity index (χ1v) is 4.65. The second kappa shape index (κ2) is 7.19. The minimum absolute atomic E-state index is 0.0547. The summed E-state index contributed by atoms with van der Waals surface area (Å²) >= 11 is 0. The van der Waals surface area contributed by atoms with Crippen molar-refractivity contribution in [2.45, 2.75) is 19.4 Å². The second-order valence-electron chi connectivity index (χ2n) is 3.21. The van der Waals surface area contributed by atoms with E-state index in [9.17, 15) is 9.59 Å². The predicted octanol–water partition coefficient (Wildman–Crippen LogP) is 0.128. The zero-order valence-electron chi connectivity index (χ0n) is 9.06. The lowest BCUT2D eigenvalue weighted by molar-refractivity contribution is -0.137. The number of carboxylic acid groups (broad SMARTS) is 1. The number of rotatable bonds is 5. The molecule has 0 rings (SSSR count). The van der Waals surface area contributed by atoms with Crippen molar-refractivity contribution in [2.24, 2.45) is 0 Å². The summed E-state index contributed by atoms with van der Waals surface area (Å²) in [6.45, 7) is 1.24. The second-order valence-corrected chi connectivity index (χ2v) is 3.21. The first-order chi connectivity index (χ1) is 7.51. The first-order valence-electron chi connectivity index (χ1n) is 4.65. The molecule has 16 heavy (non-hydrogen) atoms. The van der Waals surface area contributed by atoms with Crippen LogP contribution in [0.3, 0.4) is 0 Å². The highest BCUT2D eigenvalue weighted by Gasteiger charge is 2.16. The van der Waals surface area contributed by atoms with E-state index in [0.29, 0.717) is 6.42 Å². The molecule has 0 aromatic rings. The molecule has 5 heteroatoms. The summed E-state index contributed by atoms with van der Waals surface area (Å²) in [5.74, 6) is 3.50. The Labute approximate surface area is 94.8 Å². The number of hydrogen-bond acceptors (Lipinski definition) is 2. The van der Waals surface area contributed by atoms with E-state index in [1.807, 2.05) is 0 Å². The van der Waals surface area contributed by atoms with Crippen LogP contribution in [-0.4, -0.2) is 41.1 Å². The number of amides is 2. The van der Waals surface area contributed by atoms with Crippen LogP contribution in [-0.2, 0) is 4.79 Å². The number of aliphatic carboxylic acids is 1.